The molecule has 2 aromatic rings. The standard InChI is InChI=1S/C19H26N6O5S/c26-18(14-2-7-23(8-3-14)31(28,29)24-9-11-30-12-10-24)22-6-4-16-15(13-22)19(27)25-17(21-16)1-5-20-25/h1,5,14,20H,2-4,6-13H2. The molecule has 0 aromatic carbocycles. The summed E-state index contributed by atoms with van der Waals surface area (Å²) in [5.41, 5.74) is 1.71. The van der Waals surface area contributed by atoms with E-state index in [0.717, 1.165) is 5.69 Å². The van der Waals surface area contributed by atoms with Gasteiger partial charge >= 0.3 is 0 Å². The number of ether oxygens (including phenoxy) is 1. The van der Waals surface area contributed by atoms with Crippen LogP contribution in [0, 0.1) is 5.92 Å². The fourth-order valence-electron chi connectivity index (χ4n) is 4.64. The van der Waals surface area contributed by atoms with Gasteiger partial charge in [0.2, 0.25) is 5.91 Å². The molecular formula is C19H26N6O5S. The van der Waals surface area contributed by atoms with E-state index in [1.54, 1.807) is 17.2 Å². The summed E-state index contributed by atoms with van der Waals surface area (Å²) >= 11 is 0. The van der Waals surface area contributed by atoms with Crippen molar-refractivity contribution in [2.45, 2.75) is 25.8 Å². The summed E-state index contributed by atoms with van der Waals surface area (Å²) in [7, 11) is -3.51. The Hall–Kier alpha value is -2.28. The largest absolute Gasteiger partial charge is 0.379 e. The van der Waals surface area contributed by atoms with Crippen molar-refractivity contribution in [3.63, 3.8) is 0 Å². The van der Waals surface area contributed by atoms with E-state index in [4.69, 9.17) is 4.74 Å². The van der Waals surface area contributed by atoms with Crippen molar-refractivity contribution in [1.29, 1.82) is 0 Å². The van der Waals surface area contributed by atoms with Crippen LogP contribution in [0.25, 0.3) is 5.65 Å². The molecule has 2 aromatic heterocycles. The number of aromatic amines is 1. The molecule has 0 bridgehead atoms. The van der Waals surface area contributed by atoms with E-state index >= 15 is 0 Å². The predicted molar refractivity (Wildman–Crippen MR) is 111 cm³/mol. The molecule has 12 heteroatoms. The van der Waals surface area contributed by atoms with Gasteiger partial charge in [0.15, 0.2) is 5.65 Å². The van der Waals surface area contributed by atoms with Crippen molar-refractivity contribution in [1.82, 2.24) is 28.1 Å². The zero-order valence-electron chi connectivity index (χ0n) is 17.2. The van der Waals surface area contributed by atoms with E-state index in [2.05, 4.69) is 10.1 Å². The van der Waals surface area contributed by atoms with Gasteiger partial charge in [-0.2, -0.15) is 17.0 Å². The van der Waals surface area contributed by atoms with Crippen LogP contribution in [-0.4, -0.2) is 88.4 Å². The molecule has 0 saturated carbocycles. The Balaban J connectivity index is 1.25. The summed E-state index contributed by atoms with van der Waals surface area (Å²) in [5, 5.41) is 2.86. The van der Waals surface area contributed by atoms with Crippen LogP contribution >= 0.6 is 0 Å². The number of amides is 1. The number of aromatic nitrogens is 3. The zero-order chi connectivity index (χ0) is 21.6. The third-order valence-corrected chi connectivity index (χ3v) is 8.46. The molecule has 0 spiro atoms. The van der Waals surface area contributed by atoms with Gasteiger partial charge in [-0.3, -0.25) is 14.7 Å². The predicted octanol–water partition coefficient (Wildman–Crippen LogP) is -0.804. The zero-order valence-corrected chi connectivity index (χ0v) is 18.0. The fraction of sp³-hybridized carbons (Fsp3) is 0.632. The minimum absolute atomic E-state index is 0.00921. The highest BCUT2D eigenvalue weighted by Gasteiger charge is 2.37. The Morgan fingerprint density at radius 3 is 2.55 bits per heavy atom. The molecule has 1 amide bonds. The van der Waals surface area contributed by atoms with Crippen molar-refractivity contribution in [3.8, 4) is 0 Å². The first-order valence-electron chi connectivity index (χ1n) is 10.6. The summed E-state index contributed by atoms with van der Waals surface area (Å²) in [6.07, 6.45) is 3.18. The van der Waals surface area contributed by atoms with Gasteiger partial charge < -0.3 is 9.64 Å². The van der Waals surface area contributed by atoms with Gasteiger partial charge in [0.1, 0.15) is 0 Å². The SMILES string of the molecule is O=C(C1CCN(S(=O)(=O)N2CCOCC2)CC1)N1CCc2nc3cc[nH]n3c(=O)c2C1. The highest BCUT2D eigenvalue weighted by atomic mass is 32.2. The normalized spacial score (nSPS) is 22.0. The number of fused-ring (bicyclic) bond motifs is 2. The molecule has 3 aliphatic heterocycles. The minimum atomic E-state index is -3.51. The lowest BCUT2D eigenvalue weighted by molar-refractivity contribution is -0.137. The number of piperidine rings is 1. The van der Waals surface area contributed by atoms with Gasteiger partial charge in [0.05, 0.1) is 31.0 Å². The third-order valence-electron chi connectivity index (χ3n) is 6.43. The molecule has 0 atom stereocenters. The summed E-state index contributed by atoms with van der Waals surface area (Å²) in [6.45, 7) is 2.97. The Kier molecular flexibility index (Phi) is 5.32. The van der Waals surface area contributed by atoms with E-state index in [-0.39, 0.29) is 23.9 Å². The summed E-state index contributed by atoms with van der Waals surface area (Å²) in [5.74, 6) is -0.243. The number of carbonyl (C=O) groups is 1. The quantitative estimate of drug-likeness (QED) is 0.654. The molecule has 0 aliphatic carbocycles. The van der Waals surface area contributed by atoms with Crippen LogP contribution in [-0.2, 0) is 32.7 Å². The minimum Gasteiger partial charge on any atom is -0.379 e. The highest BCUT2D eigenvalue weighted by molar-refractivity contribution is 7.86. The molecule has 3 aliphatic rings. The lowest BCUT2D eigenvalue weighted by Crippen LogP contribution is -2.52. The highest BCUT2D eigenvalue weighted by Crippen LogP contribution is 2.25. The van der Waals surface area contributed by atoms with Crippen molar-refractivity contribution in [3.05, 3.63) is 33.9 Å². The van der Waals surface area contributed by atoms with Gasteiger partial charge in [-0.15, -0.1) is 0 Å². The van der Waals surface area contributed by atoms with Crippen LogP contribution in [0.3, 0.4) is 0 Å². The van der Waals surface area contributed by atoms with E-state index in [9.17, 15) is 18.0 Å². The Morgan fingerprint density at radius 1 is 1.10 bits per heavy atom. The second-order valence-electron chi connectivity index (χ2n) is 8.20. The molecule has 5 heterocycles. The molecule has 2 saturated heterocycles. The maximum Gasteiger partial charge on any atom is 0.282 e. The van der Waals surface area contributed by atoms with Gasteiger partial charge in [0.25, 0.3) is 15.8 Å². The molecule has 11 nitrogen and oxygen atoms in total. The van der Waals surface area contributed by atoms with E-state index in [0.29, 0.717) is 76.4 Å². The van der Waals surface area contributed by atoms with Crippen molar-refractivity contribution < 1.29 is 17.9 Å². The molecule has 0 radical (unpaired) electrons. The maximum atomic E-state index is 13.1. The van der Waals surface area contributed by atoms with E-state index in [1.807, 2.05) is 0 Å². The molecule has 168 valence electrons. The molecule has 31 heavy (non-hydrogen) atoms. The molecule has 5 rings (SSSR count). The molecule has 0 unspecified atom stereocenters. The summed E-state index contributed by atoms with van der Waals surface area (Å²) in [6, 6.07) is 1.75. The smallest absolute Gasteiger partial charge is 0.282 e. The van der Waals surface area contributed by atoms with Crippen molar-refractivity contribution >= 4 is 21.8 Å². The number of morpholine rings is 1. The molecule has 2 fully saturated rings. The third kappa shape index (κ3) is 3.67. The first-order chi connectivity index (χ1) is 14.9. The Bertz CT molecular complexity index is 1140. The average Bonchev–Trinajstić information content (AvgIpc) is 3.28. The number of carbonyl (C=O) groups excluding carboxylic acids is 1. The number of hydrogen-bond acceptors (Lipinski definition) is 6. The second-order valence-corrected chi connectivity index (χ2v) is 10.1. The van der Waals surface area contributed by atoms with E-state index in [1.165, 1.54) is 13.1 Å². The lowest BCUT2D eigenvalue weighted by atomic mass is 9.95. The maximum absolute atomic E-state index is 13.1. The lowest BCUT2D eigenvalue weighted by Gasteiger charge is -2.37. The van der Waals surface area contributed by atoms with E-state index < -0.39 is 10.2 Å². The van der Waals surface area contributed by atoms with Crippen molar-refractivity contribution in [2.75, 3.05) is 45.9 Å². The molecular weight excluding hydrogens is 424 g/mol. The average molecular weight is 451 g/mol. The van der Waals surface area contributed by atoms with Crippen molar-refractivity contribution in [2.24, 2.45) is 5.92 Å². The van der Waals surface area contributed by atoms with Crippen LogP contribution in [0.4, 0.5) is 0 Å². The van der Waals surface area contributed by atoms with Crippen LogP contribution < -0.4 is 5.56 Å². The number of nitrogens with zero attached hydrogens (tertiary/aromatic N) is 5. The van der Waals surface area contributed by atoms with Gasteiger partial charge in [0, 0.05) is 57.3 Å². The number of rotatable bonds is 3. The Morgan fingerprint density at radius 2 is 1.81 bits per heavy atom. The summed E-state index contributed by atoms with van der Waals surface area (Å²) in [4.78, 5) is 32.1. The molecule has 1 N–H and O–H groups in total. The van der Waals surface area contributed by atoms with Gasteiger partial charge in [-0.25, -0.2) is 9.50 Å². The first kappa shape index (κ1) is 20.6. The van der Waals surface area contributed by atoms with Crippen LogP contribution in [0.1, 0.15) is 24.1 Å². The first-order valence-corrected chi connectivity index (χ1v) is 12.0. The van der Waals surface area contributed by atoms with Crippen LogP contribution in [0.5, 0.6) is 0 Å². The number of hydrogen-bond donors (Lipinski definition) is 1. The van der Waals surface area contributed by atoms with Gasteiger partial charge in [-0.05, 0) is 12.8 Å². The summed E-state index contributed by atoms with van der Waals surface area (Å²) < 4.78 is 35.2. The fourth-order valence-corrected chi connectivity index (χ4v) is 6.25. The number of H-pyrrole nitrogens is 1. The number of nitrogens with one attached hydrogen (secondary N) is 1. The Labute approximate surface area is 179 Å². The van der Waals surface area contributed by atoms with Crippen LogP contribution in [0.15, 0.2) is 17.1 Å². The van der Waals surface area contributed by atoms with Gasteiger partial charge in [-0.1, -0.05) is 0 Å². The second kappa shape index (κ2) is 8.01. The van der Waals surface area contributed by atoms with Crippen LogP contribution in [0.2, 0.25) is 0 Å². The topological polar surface area (TPSA) is 120 Å². The monoisotopic (exact) mass is 450 g/mol.